The summed E-state index contributed by atoms with van der Waals surface area (Å²) in [6.07, 6.45) is 1.52. The first-order valence-corrected chi connectivity index (χ1v) is 7.98. The Kier molecular flexibility index (Phi) is 4.35. The van der Waals surface area contributed by atoms with E-state index in [2.05, 4.69) is 10.3 Å². The SMILES string of the molecule is CC(C)N1C(=O)C(C)(C(=O)Nc2ccc(F)c(F)c2)Oc2cccnc21. The highest BCUT2D eigenvalue weighted by Gasteiger charge is 2.51. The largest absolute Gasteiger partial charge is 0.464 e. The monoisotopic (exact) mass is 361 g/mol. The molecule has 2 aromatic rings. The van der Waals surface area contributed by atoms with Gasteiger partial charge in [-0.25, -0.2) is 13.8 Å². The zero-order chi connectivity index (χ0) is 19.1. The molecule has 2 amide bonds. The second kappa shape index (κ2) is 6.36. The Hall–Kier alpha value is -3.03. The number of hydrogen-bond donors (Lipinski definition) is 1. The molecule has 1 aromatic heterocycles. The van der Waals surface area contributed by atoms with Crippen LogP contribution < -0.4 is 15.0 Å². The number of nitrogens with one attached hydrogen (secondary N) is 1. The number of aromatic nitrogens is 1. The lowest BCUT2D eigenvalue weighted by Crippen LogP contribution is -2.62. The van der Waals surface area contributed by atoms with E-state index in [0.29, 0.717) is 5.82 Å². The molecule has 1 atom stereocenters. The van der Waals surface area contributed by atoms with Crippen molar-refractivity contribution in [2.45, 2.75) is 32.4 Å². The predicted molar refractivity (Wildman–Crippen MR) is 90.9 cm³/mol. The van der Waals surface area contributed by atoms with E-state index in [-0.39, 0.29) is 17.5 Å². The van der Waals surface area contributed by atoms with Crippen molar-refractivity contribution in [1.29, 1.82) is 0 Å². The van der Waals surface area contributed by atoms with Crippen molar-refractivity contribution >= 4 is 23.3 Å². The van der Waals surface area contributed by atoms with Gasteiger partial charge in [0.2, 0.25) is 0 Å². The standard InChI is InChI=1S/C18H17F2N3O3/c1-10(2)23-15-14(5-4-8-21-15)26-18(3,17(23)25)16(24)22-11-6-7-12(19)13(20)9-11/h4-10H,1-3H3,(H,22,24). The van der Waals surface area contributed by atoms with Gasteiger partial charge in [0.15, 0.2) is 23.2 Å². The van der Waals surface area contributed by atoms with E-state index in [4.69, 9.17) is 4.74 Å². The van der Waals surface area contributed by atoms with E-state index >= 15 is 0 Å². The fourth-order valence-corrected chi connectivity index (χ4v) is 2.68. The molecular weight excluding hydrogens is 344 g/mol. The van der Waals surface area contributed by atoms with E-state index in [1.54, 1.807) is 26.0 Å². The Bertz CT molecular complexity index is 888. The number of benzene rings is 1. The summed E-state index contributed by atoms with van der Waals surface area (Å²) < 4.78 is 32.1. The second-order valence-electron chi connectivity index (χ2n) is 6.31. The highest BCUT2D eigenvalue weighted by Crippen LogP contribution is 2.37. The molecule has 0 radical (unpaired) electrons. The van der Waals surface area contributed by atoms with Gasteiger partial charge in [0.25, 0.3) is 17.4 Å². The first-order valence-electron chi connectivity index (χ1n) is 7.98. The van der Waals surface area contributed by atoms with Crippen LogP contribution in [0.1, 0.15) is 20.8 Å². The number of ether oxygens (including phenoxy) is 1. The molecule has 1 N–H and O–H groups in total. The molecular formula is C18H17F2N3O3. The van der Waals surface area contributed by atoms with Crippen LogP contribution in [0.15, 0.2) is 36.5 Å². The lowest BCUT2D eigenvalue weighted by atomic mass is 9.99. The molecule has 0 bridgehead atoms. The van der Waals surface area contributed by atoms with E-state index in [1.807, 2.05) is 0 Å². The maximum absolute atomic E-state index is 13.4. The van der Waals surface area contributed by atoms with Crippen LogP contribution in [-0.4, -0.2) is 28.4 Å². The molecule has 1 aromatic carbocycles. The van der Waals surface area contributed by atoms with Gasteiger partial charge in [0.1, 0.15) is 0 Å². The number of pyridine rings is 1. The van der Waals surface area contributed by atoms with Crippen LogP contribution in [0.5, 0.6) is 5.75 Å². The number of fused-ring (bicyclic) bond motifs is 1. The molecule has 1 aliphatic rings. The average Bonchev–Trinajstić information content (AvgIpc) is 2.58. The highest BCUT2D eigenvalue weighted by molar-refractivity contribution is 6.19. The van der Waals surface area contributed by atoms with Crippen LogP contribution in [0.25, 0.3) is 0 Å². The van der Waals surface area contributed by atoms with Crippen LogP contribution in [0, 0.1) is 11.6 Å². The van der Waals surface area contributed by atoms with Gasteiger partial charge in [-0.3, -0.25) is 14.5 Å². The number of carbonyl (C=O) groups excluding carboxylic acids is 2. The first kappa shape index (κ1) is 17.8. The summed E-state index contributed by atoms with van der Waals surface area (Å²) in [6.45, 7) is 4.90. The third-order valence-corrected chi connectivity index (χ3v) is 4.05. The molecule has 0 spiro atoms. The van der Waals surface area contributed by atoms with Crippen LogP contribution in [-0.2, 0) is 9.59 Å². The maximum Gasteiger partial charge on any atom is 0.282 e. The Labute approximate surface area is 148 Å². The van der Waals surface area contributed by atoms with Crippen molar-refractivity contribution in [3.05, 3.63) is 48.2 Å². The smallest absolute Gasteiger partial charge is 0.282 e. The van der Waals surface area contributed by atoms with Gasteiger partial charge in [-0.1, -0.05) is 0 Å². The predicted octanol–water partition coefficient (Wildman–Crippen LogP) is 2.89. The van der Waals surface area contributed by atoms with Crippen LogP contribution >= 0.6 is 0 Å². The molecule has 0 saturated carbocycles. The number of rotatable bonds is 3. The van der Waals surface area contributed by atoms with Gasteiger partial charge in [-0.15, -0.1) is 0 Å². The molecule has 1 aliphatic heterocycles. The minimum Gasteiger partial charge on any atom is -0.464 e. The number of anilines is 2. The lowest BCUT2D eigenvalue weighted by Gasteiger charge is -2.40. The summed E-state index contributed by atoms with van der Waals surface area (Å²) in [5.74, 6) is -2.94. The molecule has 0 fully saturated rings. The van der Waals surface area contributed by atoms with Crippen molar-refractivity contribution in [3.8, 4) is 5.75 Å². The van der Waals surface area contributed by atoms with Gasteiger partial charge in [-0.05, 0) is 45.0 Å². The van der Waals surface area contributed by atoms with E-state index < -0.39 is 29.0 Å². The number of carbonyl (C=O) groups is 2. The lowest BCUT2D eigenvalue weighted by molar-refractivity contribution is -0.145. The van der Waals surface area contributed by atoms with Gasteiger partial charge in [0.05, 0.1) is 0 Å². The van der Waals surface area contributed by atoms with Crippen LogP contribution in [0.2, 0.25) is 0 Å². The van der Waals surface area contributed by atoms with Crippen molar-refractivity contribution in [2.24, 2.45) is 0 Å². The quantitative estimate of drug-likeness (QED) is 0.854. The molecule has 1 unspecified atom stereocenters. The first-order chi connectivity index (χ1) is 12.2. The minimum atomic E-state index is -1.88. The summed E-state index contributed by atoms with van der Waals surface area (Å²) in [6, 6.07) is 5.88. The maximum atomic E-state index is 13.4. The summed E-state index contributed by atoms with van der Waals surface area (Å²) in [5, 5.41) is 2.40. The molecule has 6 nitrogen and oxygen atoms in total. The van der Waals surface area contributed by atoms with Crippen LogP contribution in [0.4, 0.5) is 20.3 Å². The minimum absolute atomic E-state index is 0.0135. The fourth-order valence-electron chi connectivity index (χ4n) is 2.68. The van der Waals surface area contributed by atoms with Gasteiger partial charge >= 0.3 is 0 Å². The average molecular weight is 361 g/mol. The summed E-state index contributed by atoms with van der Waals surface area (Å²) in [7, 11) is 0. The molecule has 8 heteroatoms. The second-order valence-corrected chi connectivity index (χ2v) is 6.31. The molecule has 136 valence electrons. The van der Waals surface area contributed by atoms with Crippen molar-refractivity contribution < 1.29 is 23.1 Å². The Morgan fingerprint density at radius 2 is 2.00 bits per heavy atom. The molecule has 26 heavy (non-hydrogen) atoms. The number of amides is 2. The van der Waals surface area contributed by atoms with Gasteiger partial charge in [0, 0.05) is 24.0 Å². The molecule has 3 rings (SSSR count). The number of nitrogens with zero attached hydrogens (tertiary/aromatic N) is 2. The van der Waals surface area contributed by atoms with E-state index in [0.717, 1.165) is 12.1 Å². The topological polar surface area (TPSA) is 71.5 Å². The Morgan fingerprint density at radius 3 is 2.65 bits per heavy atom. The van der Waals surface area contributed by atoms with Crippen molar-refractivity contribution in [1.82, 2.24) is 4.98 Å². The zero-order valence-corrected chi connectivity index (χ0v) is 14.4. The highest BCUT2D eigenvalue weighted by atomic mass is 19.2. The summed E-state index contributed by atoms with van der Waals surface area (Å²) in [5.41, 5.74) is -1.87. The normalized spacial score (nSPS) is 19.2. The third kappa shape index (κ3) is 2.87. The zero-order valence-electron chi connectivity index (χ0n) is 14.4. The summed E-state index contributed by atoms with van der Waals surface area (Å²) >= 11 is 0. The third-order valence-electron chi connectivity index (χ3n) is 4.05. The van der Waals surface area contributed by atoms with Crippen molar-refractivity contribution in [2.75, 3.05) is 10.2 Å². The molecule has 0 aliphatic carbocycles. The summed E-state index contributed by atoms with van der Waals surface area (Å²) in [4.78, 5) is 31.3. The van der Waals surface area contributed by atoms with E-state index in [1.165, 1.54) is 24.1 Å². The number of hydrogen-bond acceptors (Lipinski definition) is 4. The van der Waals surface area contributed by atoms with Crippen molar-refractivity contribution in [3.63, 3.8) is 0 Å². The van der Waals surface area contributed by atoms with E-state index in [9.17, 15) is 18.4 Å². The Balaban J connectivity index is 1.96. The van der Waals surface area contributed by atoms with Gasteiger partial charge in [-0.2, -0.15) is 0 Å². The molecule has 2 heterocycles. The fraction of sp³-hybridized carbons (Fsp3) is 0.278. The van der Waals surface area contributed by atoms with Crippen LogP contribution in [0.3, 0.4) is 0 Å². The van der Waals surface area contributed by atoms with Gasteiger partial charge < -0.3 is 10.1 Å². The molecule has 0 saturated heterocycles. The number of halogens is 2. The Morgan fingerprint density at radius 1 is 1.27 bits per heavy atom.